The van der Waals surface area contributed by atoms with E-state index in [1.54, 1.807) is 7.11 Å². The average Bonchev–Trinajstić information content (AvgIpc) is 3.05. The van der Waals surface area contributed by atoms with E-state index < -0.39 is 0 Å². The van der Waals surface area contributed by atoms with E-state index in [0.29, 0.717) is 13.1 Å². The molecule has 2 aliphatic rings. The van der Waals surface area contributed by atoms with Gasteiger partial charge in [-0.15, -0.1) is 0 Å². The Hall–Kier alpha value is -3.26. The van der Waals surface area contributed by atoms with Crippen LogP contribution in [-0.2, 0) is 6.42 Å². The van der Waals surface area contributed by atoms with Crippen molar-refractivity contribution in [1.82, 2.24) is 25.1 Å². The SMILES string of the molecule is COc1ccc(CC2(NC(=O)N3CCC(n4c(=O)[nH]c5ccccc54)CC3)CCCCNC2)cc1. The molecule has 2 fully saturated rings. The maximum absolute atomic E-state index is 13.4. The van der Waals surface area contributed by atoms with Crippen molar-refractivity contribution in [2.24, 2.45) is 0 Å². The lowest BCUT2D eigenvalue weighted by Crippen LogP contribution is -2.59. The van der Waals surface area contributed by atoms with Gasteiger partial charge in [-0.05, 0) is 74.9 Å². The number of nitrogens with one attached hydrogen (secondary N) is 3. The normalized spacial score (nSPS) is 21.6. The van der Waals surface area contributed by atoms with Crippen molar-refractivity contribution in [1.29, 1.82) is 0 Å². The molecule has 3 heterocycles. The second-order valence-corrected chi connectivity index (χ2v) is 9.90. The maximum atomic E-state index is 13.4. The molecule has 2 saturated heterocycles. The Bertz CT molecular complexity index is 1200. The van der Waals surface area contributed by atoms with Crippen molar-refractivity contribution in [2.45, 2.75) is 50.1 Å². The van der Waals surface area contributed by atoms with Gasteiger partial charge in [-0.3, -0.25) is 4.57 Å². The molecule has 5 rings (SSSR count). The van der Waals surface area contributed by atoms with Gasteiger partial charge in [0.2, 0.25) is 0 Å². The summed E-state index contributed by atoms with van der Waals surface area (Å²) in [4.78, 5) is 30.9. The molecule has 0 saturated carbocycles. The Balaban J connectivity index is 1.27. The molecule has 1 unspecified atom stereocenters. The van der Waals surface area contributed by atoms with Crippen LogP contribution in [0.1, 0.15) is 43.7 Å². The molecular weight excluding hydrogens is 442 g/mol. The second kappa shape index (κ2) is 10.2. The molecule has 3 N–H and O–H groups in total. The lowest BCUT2D eigenvalue weighted by Gasteiger charge is -2.39. The van der Waals surface area contributed by atoms with Gasteiger partial charge < -0.3 is 25.3 Å². The van der Waals surface area contributed by atoms with Gasteiger partial charge in [-0.25, -0.2) is 9.59 Å². The Morgan fingerprint density at radius 3 is 2.66 bits per heavy atom. The number of ether oxygens (including phenoxy) is 1. The number of rotatable bonds is 5. The highest BCUT2D eigenvalue weighted by molar-refractivity contribution is 5.76. The zero-order valence-corrected chi connectivity index (χ0v) is 20.4. The van der Waals surface area contributed by atoms with Crippen LogP contribution in [0.3, 0.4) is 0 Å². The highest BCUT2D eigenvalue weighted by atomic mass is 16.5. The van der Waals surface area contributed by atoms with Crippen molar-refractivity contribution in [3.8, 4) is 5.75 Å². The predicted octanol–water partition coefficient (Wildman–Crippen LogP) is 3.44. The Kier molecular flexibility index (Phi) is 6.81. The standard InChI is InChI=1S/C27H35N5O3/c1-35-22-10-8-20(9-11-22)18-27(14-4-5-15-28-19-27)30-26(34)31-16-12-21(13-17-31)32-24-7-3-2-6-23(24)29-25(32)33/h2-3,6-11,21,28H,4-5,12-19H2,1H3,(H,29,33)(H,30,34). The fourth-order valence-corrected chi connectivity index (χ4v) is 5.64. The summed E-state index contributed by atoms with van der Waals surface area (Å²) >= 11 is 0. The van der Waals surface area contributed by atoms with Gasteiger partial charge in [0.15, 0.2) is 0 Å². The number of nitrogens with zero attached hydrogens (tertiary/aromatic N) is 2. The van der Waals surface area contributed by atoms with Crippen molar-refractivity contribution < 1.29 is 9.53 Å². The van der Waals surface area contributed by atoms with E-state index in [1.807, 2.05) is 45.9 Å². The monoisotopic (exact) mass is 477 g/mol. The number of carbonyl (C=O) groups is 1. The number of urea groups is 1. The van der Waals surface area contributed by atoms with Crippen LogP contribution < -0.4 is 21.1 Å². The topological polar surface area (TPSA) is 91.4 Å². The second-order valence-electron chi connectivity index (χ2n) is 9.90. The molecular formula is C27H35N5O3. The Morgan fingerprint density at radius 2 is 1.89 bits per heavy atom. The van der Waals surface area contributed by atoms with E-state index in [0.717, 1.165) is 68.4 Å². The number of imidazole rings is 1. The number of para-hydroxylation sites is 2. The van der Waals surface area contributed by atoms with Crippen molar-refractivity contribution >= 4 is 17.1 Å². The van der Waals surface area contributed by atoms with Crippen LogP contribution >= 0.6 is 0 Å². The van der Waals surface area contributed by atoms with Crippen LogP contribution in [0.5, 0.6) is 5.75 Å². The van der Waals surface area contributed by atoms with Gasteiger partial charge in [0.1, 0.15) is 5.75 Å². The van der Waals surface area contributed by atoms with Gasteiger partial charge in [0.05, 0.1) is 23.7 Å². The Labute approximate surface area is 205 Å². The van der Waals surface area contributed by atoms with Crippen LogP contribution in [0, 0.1) is 0 Å². The summed E-state index contributed by atoms with van der Waals surface area (Å²) in [6.07, 6.45) is 5.44. The number of piperidine rings is 1. The number of aromatic amines is 1. The van der Waals surface area contributed by atoms with Gasteiger partial charge in [-0.2, -0.15) is 0 Å². The first-order valence-corrected chi connectivity index (χ1v) is 12.7. The third-order valence-electron chi connectivity index (χ3n) is 7.54. The molecule has 2 aliphatic heterocycles. The fourth-order valence-electron chi connectivity index (χ4n) is 5.64. The van der Waals surface area contributed by atoms with Gasteiger partial charge >= 0.3 is 11.7 Å². The summed E-state index contributed by atoms with van der Waals surface area (Å²) in [5, 5.41) is 6.97. The van der Waals surface area contributed by atoms with E-state index >= 15 is 0 Å². The lowest BCUT2D eigenvalue weighted by atomic mass is 9.86. The number of amides is 2. The summed E-state index contributed by atoms with van der Waals surface area (Å²) in [6, 6.07) is 16.0. The molecule has 8 nitrogen and oxygen atoms in total. The number of hydrogen-bond donors (Lipinski definition) is 3. The molecule has 0 radical (unpaired) electrons. The average molecular weight is 478 g/mol. The molecule has 1 atom stereocenters. The highest BCUT2D eigenvalue weighted by Gasteiger charge is 2.35. The smallest absolute Gasteiger partial charge is 0.326 e. The van der Waals surface area contributed by atoms with E-state index in [2.05, 4.69) is 27.8 Å². The molecule has 0 bridgehead atoms. The van der Waals surface area contributed by atoms with Crippen molar-refractivity contribution in [2.75, 3.05) is 33.3 Å². The van der Waals surface area contributed by atoms with Crippen molar-refractivity contribution in [3.05, 3.63) is 64.6 Å². The van der Waals surface area contributed by atoms with E-state index in [1.165, 1.54) is 5.56 Å². The Morgan fingerprint density at radius 1 is 1.11 bits per heavy atom. The zero-order chi connectivity index (χ0) is 24.3. The van der Waals surface area contributed by atoms with E-state index in [4.69, 9.17) is 4.74 Å². The minimum Gasteiger partial charge on any atom is -0.497 e. The van der Waals surface area contributed by atoms with Crippen LogP contribution in [0.25, 0.3) is 11.0 Å². The predicted molar refractivity (Wildman–Crippen MR) is 137 cm³/mol. The number of likely N-dealkylation sites (tertiary alicyclic amines) is 1. The molecule has 2 amide bonds. The summed E-state index contributed by atoms with van der Waals surface area (Å²) in [5.74, 6) is 0.836. The zero-order valence-electron chi connectivity index (χ0n) is 20.4. The van der Waals surface area contributed by atoms with Crippen molar-refractivity contribution in [3.63, 3.8) is 0 Å². The summed E-state index contributed by atoms with van der Waals surface area (Å²) in [7, 11) is 1.67. The van der Waals surface area contributed by atoms with Gasteiger partial charge in [-0.1, -0.05) is 24.3 Å². The fraction of sp³-hybridized carbons (Fsp3) is 0.481. The lowest BCUT2D eigenvalue weighted by molar-refractivity contribution is 0.157. The number of fused-ring (bicyclic) bond motifs is 1. The van der Waals surface area contributed by atoms with Crippen LogP contribution in [0.2, 0.25) is 0 Å². The number of aromatic nitrogens is 2. The number of hydrogen-bond acceptors (Lipinski definition) is 4. The summed E-state index contributed by atoms with van der Waals surface area (Å²) < 4.78 is 7.17. The third kappa shape index (κ3) is 5.07. The first-order chi connectivity index (χ1) is 17.1. The van der Waals surface area contributed by atoms with E-state index in [9.17, 15) is 9.59 Å². The minimum absolute atomic E-state index is 0.00747. The quantitative estimate of drug-likeness (QED) is 0.525. The minimum atomic E-state index is -0.327. The van der Waals surface area contributed by atoms with Crippen LogP contribution in [0.15, 0.2) is 53.3 Å². The summed E-state index contributed by atoms with van der Waals surface area (Å²) in [6.45, 7) is 3.00. The first kappa shape index (κ1) is 23.5. The molecule has 2 aromatic carbocycles. The number of carbonyl (C=O) groups excluding carboxylic acids is 1. The van der Waals surface area contributed by atoms with Gasteiger partial charge in [0, 0.05) is 25.7 Å². The van der Waals surface area contributed by atoms with E-state index in [-0.39, 0.29) is 23.3 Å². The van der Waals surface area contributed by atoms with Crippen LogP contribution in [0.4, 0.5) is 4.79 Å². The molecule has 8 heteroatoms. The third-order valence-corrected chi connectivity index (χ3v) is 7.54. The highest BCUT2D eigenvalue weighted by Crippen LogP contribution is 2.27. The molecule has 3 aromatic rings. The molecule has 186 valence electrons. The van der Waals surface area contributed by atoms with Crippen LogP contribution in [-0.4, -0.2) is 59.3 Å². The largest absolute Gasteiger partial charge is 0.497 e. The maximum Gasteiger partial charge on any atom is 0.326 e. The molecule has 0 aliphatic carbocycles. The first-order valence-electron chi connectivity index (χ1n) is 12.7. The summed E-state index contributed by atoms with van der Waals surface area (Å²) in [5.41, 5.74) is 2.58. The molecule has 0 spiro atoms. The van der Waals surface area contributed by atoms with Gasteiger partial charge in [0.25, 0.3) is 0 Å². The number of methoxy groups -OCH3 is 1. The molecule has 1 aromatic heterocycles. The number of benzene rings is 2. The molecule has 35 heavy (non-hydrogen) atoms. The number of H-pyrrole nitrogens is 1.